The van der Waals surface area contributed by atoms with E-state index >= 15 is 0 Å². The lowest BCUT2D eigenvalue weighted by atomic mass is 10.2. The third-order valence-electron chi connectivity index (χ3n) is 2.45. The molecule has 2 rings (SSSR count). The quantitative estimate of drug-likeness (QED) is 0.553. The van der Waals surface area contributed by atoms with Gasteiger partial charge in [0.1, 0.15) is 5.84 Å². The summed E-state index contributed by atoms with van der Waals surface area (Å²) >= 11 is 1.27. The highest BCUT2D eigenvalue weighted by molar-refractivity contribution is 7.99. The molecule has 0 aliphatic carbocycles. The zero-order valence-corrected chi connectivity index (χ0v) is 11.2. The Morgan fingerprint density at radius 1 is 1.63 bits per heavy atom. The Morgan fingerprint density at radius 3 is 3.11 bits per heavy atom. The summed E-state index contributed by atoms with van der Waals surface area (Å²) in [6.45, 7) is 2.58. The Balaban J connectivity index is 2.37. The molecule has 7 nitrogen and oxygen atoms in total. The van der Waals surface area contributed by atoms with Gasteiger partial charge in [-0.2, -0.15) is 0 Å². The summed E-state index contributed by atoms with van der Waals surface area (Å²) in [5, 5.41) is 14.5. The van der Waals surface area contributed by atoms with E-state index in [4.69, 9.17) is 11.1 Å². The Kier molecular flexibility index (Phi) is 4.00. The first-order valence-corrected chi connectivity index (χ1v) is 6.56. The highest BCUT2D eigenvalue weighted by Gasteiger charge is 2.13. The van der Waals surface area contributed by atoms with Gasteiger partial charge in [0.25, 0.3) is 0 Å². The molecule has 0 amide bonds. The molecule has 0 saturated heterocycles. The van der Waals surface area contributed by atoms with Crippen LogP contribution in [0, 0.1) is 5.41 Å². The molecular formula is C11H14N6OS. The molecule has 2 aromatic rings. The maximum Gasteiger partial charge on any atom is 0.343 e. The van der Waals surface area contributed by atoms with Crippen LogP contribution in [0.4, 0.5) is 0 Å². The zero-order chi connectivity index (χ0) is 13.8. The Bertz CT molecular complexity index is 647. The van der Waals surface area contributed by atoms with Crippen LogP contribution in [0.15, 0.2) is 33.3 Å². The van der Waals surface area contributed by atoms with Crippen molar-refractivity contribution in [2.45, 2.75) is 29.9 Å². The summed E-state index contributed by atoms with van der Waals surface area (Å²) < 4.78 is 1.56. The normalized spacial score (nSPS) is 10.6. The lowest BCUT2D eigenvalue weighted by Crippen LogP contribution is -2.17. The highest BCUT2D eigenvalue weighted by atomic mass is 32.2. The lowest BCUT2D eigenvalue weighted by Gasteiger charge is -2.07. The lowest BCUT2D eigenvalue weighted by molar-refractivity contribution is 0.604. The van der Waals surface area contributed by atoms with Crippen LogP contribution < -0.4 is 11.4 Å². The average Bonchev–Trinajstić information content (AvgIpc) is 2.72. The largest absolute Gasteiger partial charge is 0.384 e. The number of hydrogen-bond donors (Lipinski definition) is 3. The summed E-state index contributed by atoms with van der Waals surface area (Å²) in [6, 6.07) is 1.67. The molecule has 0 aliphatic rings. The Hall–Kier alpha value is -2.09. The van der Waals surface area contributed by atoms with Gasteiger partial charge < -0.3 is 5.73 Å². The van der Waals surface area contributed by atoms with Crippen LogP contribution in [0.3, 0.4) is 0 Å². The fraction of sp³-hybridized carbons (Fsp3) is 0.273. The number of pyridine rings is 1. The fourth-order valence-electron chi connectivity index (χ4n) is 1.58. The third kappa shape index (κ3) is 2.84. The number of aromatic nitrogens is 4. The van der Waals surface area contributed by atoms with E-state index in [1.165, 1.54) is 11.8 Å². The number of amidine groups is 1. The van der Waals surface area contributed by atoms with Gasteiger partial charge in [0.2, 0.25) is 0 Å². The molecule has 2 heterocycles. The van der Waals surface area contributed by atoms with Crippen molar-refractivity contribution in [1.82, 2.24) is 19.7 Å². The highest BCUT2D eigenvalue weighted by Crippen LogP contribution is 2.27. The first kappa shape index (κ1) is 13.3. The standard InChI is InChI=1S/C11H14N6OS/c1-2-5-17-10(18)15-16-11(17)19-8-6-14-4-3-7(8)9(12)13/h3-4,6H,2,5H2,1H3,(H3,12,13)(H,15,18). The minimum absolute atomic E-state index is 0.0372. The van der Waals surface area contributed by atoms with Crippen molar-refractivity contribution in [3.05, 3.63) is 34.5 Å². The molecule has 0 atom stereocenters. The van der Waals surface area contributed by atoms with E-state index in [9.17, 15) is 4.79 Å². The number of nitrogens with one attached hydrogen (secondary N) is 2. The van der Waals surface area contributed by atoms with Crippen LogP contribution in [0.5, 0.6) is 0 Å². The van der Waals surface area contributed by atoms with Gasteiger partial charge in [0.15, 0.2) is 5.16 Å². The second-order valence-corrected chi connectivity index (χ2v) is 4.86. The molecule has 8 heteroatoms. The predicted octanol–water partition coefficient (Wildman–Crippen LogP) is 0.812. The van der Waals surface area contributed by atoms with Crippen molar-refractivity contribution in [1.29, 1.82) is 5.41 Å². The van der Waals surface area contributed by atoms with E-state index in [-0.39, 0.29) is 11.5 Å². The van der Waals surface area contributed by atoms with Crippen LogP contribution >= 0.6 is 11.8 Å². The van der Waals surface area contributed by atoms with E-state index < -0.39 is 0 Å². The van der Waals surface area contributed by atoms with E-state index in [1.807, 2.05) is 6.92 Å². The van der Waals surface area contributed by atoms with Gasteiger partial charge in [-0.15, -0.1) is 5.10 Å². The average molecular weight is 278 g/mol. The molecule has 0 aromatic carbocycles. The molecular weight excluding hydrogens is 264 g/mol. The number of nitrogen functional groups attached to an aromatic ring is 1. The van der Waals surface area contributed by atoms with Crippen LogP contribution in [0.2, 0.25) is 0 Å². The number of aromatic amines is 1. The molecule has 0 fully saturated rings. The topological polar surface area (TPSA) is 113 Å². The summed E-state index contributed by atoms with van der Waals surface area (Å²) in [5.74, 6) is -0.0372. The second-order valence-electron chi connectivity index (χ2n) is 3.85. The second kappa shape index (κ2) is 5.70. The van der Waals surface area contributed by atoms with E-state index in [0.717, 1.165) is 6.42 Å². The summed E-state index contributed by atoms with van der Waals surface area (Å²) in [5.41, 5.74) is 5.86. The predicted molar refractivity (Wildman–Crippen MR) is 72.5 cm³/mol. The minimum atomic E-state index is -0.238. The summed E-state index contributed by atoms with van der Waals surface area (Å²) in [6.07, 6.45) is 4.01. The van der Waals surface area contributed by atoms with Crippen molar-refractivity contribution in [2.24, 2.45) is 5.73 Å². The third-order valence-corrected chi connectivity index (χ3v) is 3.49. The van der Waals surface area contributed by atoms with Crippen LogP contribution in [-0.4, -0.2) is 25.6 Å². The van der Waals surface area contributed by atoms with Gasteiger partial charge in [-0.05, 0) is 24.2 Å². The van der Waals surface area contributed by atoms with Crippen molar-refractivity contribution >= 4 is 17.6 Å². The van der Waals surface area contributed by atoms with Crippen LogP contribution in [0.25, 0.3) is 0 Å². The molecule has 0 unspecified atom stereocenters. The number of rotatable bonds is 5. The smallest absolute Gasteiger partial charge is 0.343 e. The van der Waals surface area contributed by atoms with Crippen molar-refractivity contribution in [2.75, 3.05) is 0 Å². The van der Waals surface area contributed by atoms with Crippen molar-refractivity contribution in [3.8, 4) is 0 Å². The number of H-pyrrole nitrogens is 1. The van der Waals surface area contributed by atoms with Gasteiger partial charge in [-0.3, -0.25) is 15.0 Å². The molecule has 19 heavy (non-hydrogen) atoms. The van der Waals surface area contributed by atoms with Gasteiger partial charge in [0, 0.05) is 29.4 Å². The summed E-state index contributed by atoms with van der Waals surface area (Å²) in [7, 11) is 0. The summed E-state index contributed by atoms with van der Waals surface area (Å²) in [4.78, 5) is 16.3. The van der Waals surface area contributed by atoms with E-state index in [2.05, 4.69) is 15.2 Å². The Labute approximate surface area is 113 Å². The first-order valence-electron chi connectivity index (χ1n) is 5.75. The molecule has 0 saturated carbocycles. The molecule has 100 valence electrons. The molecule has 4 N–H and O–H groups in total. The fourth-order valence-corrected chi connectivity index (χ4v) is 2.56. The monoisotopic (exact) mass is 278 g/mol. The molecule has 0 radical (unpaired) electrons. The number of nitrogens with zero attached hydrogens (tertiary/aromatic N) is 3. The van der Waals surface area contributed by atoms with E-state index in [1.54, 1.807) is 23.0 Å². The van der Waals surface area contributed by atoms with Gasteiger partial charge in [0.05, 0.1) is 0 Å². The van der Waals surface area contributed by atoms with Gasteiger partial charge >= 0.3 is 5.69 Å². The molecule has 2 aromatic heterocycles. The molecule has 0 bridgehead atoms. The molecule has 0 aliphatic heterocycles. The number of nitrogens with two attached hydrogens (primary N) is 1. The van der Waals surface area contributed by atoms with Crippen LogP contribution in [-0.2, 0) is 6.54 Å². The SMILES string of the molecule is CCCn1c(Sc2cnccc2C(=N)N)n[nH]c1=O. The maximum absolute atomic E-state index is 11.6. The minimum Gasteiger partial charge on any atom is -0.384 e. The van der Waals surface area contributed by atoms with Gasteiger partial charge in [-0.1, -0.05) is 6.92 Å². The zero-order valence-electron chi connectivity index (χ0n) is 10.4. The van der Waals surface area contributed by atoms with Gasteiger partial charge in [-0.25, -0.2) is 9.89 Å². The maximum atomic E-state index is 11.6. The van der Waals surface area contributed by atoms with Crippen molar-refractivity contribution < 1.29 is 0 Å². The van der Waals surface area contributed by atoms with Crippen molar-refractivity contribution in [3.63, 3.8) is 0 Å². The Morgan fingerprint density at radius 2 is 2.42 bits per heavy atom. The first-order chi connectivity index (χ1) is 9.13. The molecule has 0 spiro atoms. The van der Waals surface area contributed by atoms with Crippen LogP contribution in [0.1, 0.15) is 18.9 Å². The number of hydrogen-bond acceptors (Lipinski definition) is 5. The van der Waals surface area contributed by atoms with E-state index in [0.29, 0.717) is 22.2 Å².